The second-order valence-electron chi connectivity index (χ2n) is 5.76. The van der Waals surface area contributed by atoms with Crippen molar-refractivity contribution in [3.8, 4) is 0 Å². The van der Waals surface area contributed by atoms with Crippen molar-refractivity contribution < 1.29 is 9.13 Å². The Hall–Kier alpha value is -0.680. The molecule has 3 nitrogen and oxygen atoms in total. The maximum Gasteiger partial charge on any atom is 0.125 e. The fourth-order valence-electron chi connectivity index (χ4n) is 2.92. The quantitative estimate of drug-likeness (QED) is 0.800. The van der Waals surface area contributed by atoms with Crippen molar-refractivity contribution in [1.82, 2.24) is 4.90 Å². The summed E-state index contributed by atoms with van der Waals surface area (Å²) >= 11 is 5.99. The van der Waals surface area contributed by atoms with E-state index in [0.29, 0.717) is 30.1 Å². The Morgan fingerprint density at radius 3 is 2.67 bits per heavy atom. The molecule has 0 heterocycles. The lowest BCUT2D eigenvalue weighted by atomic mass is 10.0. The zero-order chi connectivity index (χ0) is 15.4. The van der Waals surface area contributed by atoms with Crippen molar-refractivity contribution in [2.75, 3.05) is 26.8 Å². The maximum absolute atomic E-state index is 13.6. The van der Waals surface area contributed by atoms with E-state index in [2.05, 4.69) is 11.8 Å². The third-order valence-electron chi connectivity index (χ3n) is 4.27. The van der Waals surface area contributed by atoms with Gasteiger partial charge in [-0.2, -0.15) is 0 Å². The van der Waals surface area contributed by atoms with Gasteiger partial charge >= 0.3 is 0 Å². The Morgan fingerprint density at radius 1 is 1.43 bits per heavy atom. The number of hydrogen-bond donors (Lipinski definition) is 1. The number of hydrogen-bond acceptors (Lipinski definition) is 3. The molecule has 1 saturated carbocycles. The first-order valence-corrected chi connectivity index (χ1v) is 7.85. The van der Waals surface area contributed by atoms with Gasteiger partial charge in [-0.15, -0.1) is 0 Å². The van der Waals surface area contributed by atoms with Gasteiger partial charge in [0, 0.05) is 37.3 Å². The lowest BCUT2D eigenvalue weighted by Gasteiger charge is -2.36. The van der Waals surface area contributed by atoms with Gasteiger partial charge in [-0.05, 0) is 49.4 Å². The molecule has 1 aromatic carbocycles. The SMILES string of the molecule is COCCN(C(CN)c1cc(F)cc(Cl)c1)C(C)C1CC1. The summed E-state index contributed by atoms with van der Waals surface area (Å²) in [6, 6.07) is 5.03. The largest absolute Gasteiger partial charge is 0.383 e. The molecular formula is C16H24ClFN2O. The Labute approximate surface area is 131 Å². The third-order valence-corrected chi connectivity index (χ3v) is 4.49. The molecule has 2 N–H and O–H groups in total. The van der Waals surface area contributed by atoms with Crippen molar-refractivity contribution in [2.24, 2.45) is 11.7 Å². The second kappa shape index (κ2) is 7.54. The minimum absolute atomic E-state index is 0.0380. The highest BCUT2D eigenvalue weighted by Crippen LogP contribution is 2.38. The van der Waals surface area contributed by atoms with Crippen LogP contribution in [-0.4, -0.2) is 37.7 Å². The fraction of sp³-hybridized carbons (Fsp3) is 0.625. The number of ether oxygens (including phenoxy) is 1. The van der Waals surface area contributed by atoms with E-state index in [1.165, 1.54) is 25.0 Å². The van der Waals surface area contributed by atoms with Gasteiger partial charge in [0.15, 0.2) is 0 Å². The van der Waals surface area contributed by atoms with E-state index in [-0.39, 0.29) is 11.9 Å². The Balaban J connectivity index is 2.24. The summed E-state index contributed by atoms with van der Waals surface area (Å²) < 4.78 is 18.9. The summed E-state index contributed by atoms with van der Waals surface area (Å²) in [6.07, 6.45) is 2.51. The first-order valence-electron chi connectivity index (χ1n) is 7.47. The van der Waals surface area contributed by atoms with Gasteiger partial charge in [0.25, 0.3) is 0 Å². The van der Waals surface area contributed by atoms with Crippen molar-refractivity contribution in [3.05, 3.63) is 34.6 Å². The zero-order valence-electron chi connectivity index (χ0n) is 12.7. The van der Waals surface area contributed by atoms with Gasteiger partial charge in [-0.1, -0.05) is 11.6 Å². The van der Waals surface area contributed by atoms with Crippen LogP contribution >= 0.6 is 11.6 Å². The van der Waals surface area contributed by atoms with Gasteiger partial charge in [0.1, 0.15) is 5.82 Å². The highest BCUT2D eigenvalue weighted by Gasteiger charge is 2.35. The number of methoxy groups -OCH3 is 1. The van der Waals surface area contributed by atoms with Gasteiger partial charge in [-0.25, -0.2) is 4.39 Å². The Morgan fingerprint density at radius 2 is 2.14 bits per heavy atom. The topological polar surface area (TPSA) is 38.5 Å². The summed E-state index contributed by atoms with van der Waals surface area (Å²) in [7, 11) is 1.69. The lowest BCUT2D eigenvalue weighted by Crippen LogP contribution is -2.43. The average molecular weight is 315 g/mol. The van der Waals surface area contributed by atoms with Gasteiger partial charge in [0.2, 0.25) is 0 Å². The molecule has 0 aromatic heterocycles. The highest BCUT2D eigenvalue weighted by molar-refractivity contribution is 6.30. The number of benzene rings is 1. The number of nitrogens with two attached hydrogens (primary N) is 1. The molecule has 0 radical (unpaired) electrons. The second-order valence-corrected chi connectivity index (χ2v) is 6.20. The lowest BCUT2D eigenvalue weighted by molar-refractivity contribution is 0.0834. The molecule has 21 heavy (non-hydrogen) atoms. The number of nitrogens with zero attached hydrogens (tertiary/aromatic N) is 1. The van der Waals surface area contributed by atoms with Crippen LogP contribution in [0.25, 0.3) is 0 Å². The molecule has 5 heteroatoms. The van der Waals surface area contributed by atoms with Crippen LogP contribution in [0.1, 0.15) is 31.4 Å². The van der Waals surface area contributed by atoms with E-state index >= 15 is 0 Å². The molecule has 0 amide bonds. The molecule has 1 fully saturated rings. The van der Waals surface area contributed by atoms with E-state index in [0.717, 1.165) is 12.1 Å². The normalized spacial score (nSPS) is 18.0. The van der Waals surface area contributed by atoms with E-state index in [1.807, 2.05) is 6.07 Å². The van der Waals surface area contributed by atoms with Crippen molar-refractivity contribution in [2.45, 2.75) is 31.8 Å². The van der Waals surface area contributed by atoms with Gasteiger partial charge in [-0.3, -0.25) is 4.90 Å². The predicted octanol–water partition coefficient (Wildman–Crippen LogP) is 3.23. The van der Waals surface area contributed by atoms with E-state index in [1.54, 1.807) is 7.11 Å². The van der Waals surface area contributed by atoms with Gasteiger partial charge in [0.05, 0.1) is 6.61 Å². The molecule has 2 atom stereocenters. The van der Waals surface area contributed by atoms with Crippen LogP contribution in [0.2, 0.25) is 5.02 Å². The van der Waals surface area contributed by atoms with E-state index in [9.17, 15) is 4.39 Å². The number of rotatable bonds is 8. The van der Waals surface area contributed by atoms with Crippen LogP contribution < -0.4 is 5.73 Å². The molecule has 0 saturated heterocycles. The van der Waals surface area contributed by atoms with E-state index in [4.69, 9.17) is 22.1 Å². The zero-order valence-corrected chi connectivity index (χ0v) is 13.4. The molecule has 118 valence electrons. The summed E-state index contributed by atoms with van der Waals surface area (Å²) in [5.74, 6) is 0.390. The maximum atomic E-state index is 13.6. The van der Waals surface area contributed by atoms with Crippen LogP contribution in [0.3, 0.4) is 0 Å². The first-order chi connectivity index (χ1) is 10.1. The fourth-order valence-corrected chi connectivity index (χ4v) is 3.15. The van der Waals surface area contributed by atoms with Crippen molar-refractivity contribution in [3.63, 3.8) is 0 Å². The molecule has 0 bridgehead atoms. The van der Waals surface area contributed by atoms with Crippen molar-refractivity contribution >= 4 is 11.6 Å². The molecule has 1 aliphatic carbocycles. The van der Waals surface area contributed by atoms with Crippen LogP contribution in [0.5, 0.6) is 0 Å². The molecule has 2 unspecified atom stereocenters. The number of halogens is 2. The monoisotopic (exact) mass is 314 g/mol. The summed E-state index contributed by atoms with van der Waals surface area (Å²) in [6.45, 7) is 4.07. The smallest absolute Gasteiger partial charge is 0.125 e. The summed E-state index contributed by atoms with van der Waals surface area (Å²) in [5.41, 5.74) is 6.83. The minimum atomic E-state index is -0.318. The van der Waals surface area contributed by atoms with Crippen LogP contribution in [0.15, 0.2) is 18.2 Å². The highest BCUT2D eigenvalue weighted by atomic mass is 35.5. The van der Waals surface area contributed by atoms with Crippen molar-refractivity contribution in [1.29, 1.82) is 0 Å². The van der Waals surface area contributed by atoms with Crippen LogP contribution in [0.4, 0.5) is 4.39 Å². The van der Waals surface area contributed by atoms with Crippen LogP contribution in [0, 0.1) is 11.7 Å². The standard InChI is InChI=1S/C16H24ClFN2O/c1-11(12-3-4-12)20(5-6-21-2)16(10-19)13-7-14(17)9-15(18)8-13/h7-9,11-12,16H,3-6,10,19H2,1-2H3. The third kappa shape index (κ3) is 4.39. The molecule has 0 spiro atoms. The Kier molecular flexibility index (Phi) is 5.99. The molecule has 1 aromatic rings. The first kappa shape index (κ1) is 16.7. The predicted molar refractivity (Wildman–Crippen MR) is 84.0 cm³/mol. The molecular weight excluding hydrogens is 291 g/mol. The molecule has 0 aliphatic heterocycles. The van der Waals surface area contributed by atoms with E-state index < -0.39 is 0 Å². The summed E-state index contributed by atoms with van der Waals surface area (Å²) in [5, 5.41) is 0.411. The van der Waals surface area contributed by atoms with Crippen LogP contribution in [-0.2, 0) is 4.74 Å². The minimum Gasteiger partial charge on any atom is -0.383 e. The van der Waals surface area contributed by atoms with Gasteiger partial charge < -0.3 is 10.5 Å². The molecule has 2 rings (SSSR count). The molecule has 1 aliphatic rings. The average Bonchev–Trinajstić information content (AvgIpc) is 3.26. The summed E-state index contributed by atoms with van der Waals surface area (Å²) in [4.78, 5) is 2.33. The Bertz CT molecular complexity index is 447.